The normalized spacial score (nSPS) is 11.1. The van der Waals surface area contributed by atoms with E-state index in [1.807, 2.05) is 0 Å². The van der Waals surface area contributed by atoms with Crippen LogP contribution in [0.15, 0.2) is 6.07 Å². The molecule has 1 aromatic heterocycles. The summed E-state index contributed by atoms with van der Waals surface area (Å²) in [6, 6.07) is 1.55. The summed E-state index contributed by atoms with van der Waals surface area (Å²) in [5, 5.41) is 3.85. The molecule has 0 bridgehead atoms. The maximum Gasteiger partial charge on any atom is 0.405 e. The second-order valence-electron chi connectivity index (χ2n) is 4.25. The van der Waals surface area contributed by atoms with E-state index in [2.05, 4.69) is 5.32 Å². The van der Waals surface area contributed by atoms with E-state index in [0.29, 0.717) is 10.4 Å². The van der Waals surface area contributed by atoms with Crippen LogP contribution in [-0.2, 0) is 4.79 Å². The van der Waals surface area contributed by atoms with E-state index in [4.69, 9.17) is 0 Å². The van der Waals surface area contributed by atoms with Crippen molar-refractivity contribution in [3.63, 3.8) is 0 Å². The molecule has 0 aliphatic carbocycles. The van der Waals surface area contributed by atoms with E-state index in [-0.39, 0.29) is 10.7 Å². The lowest BCUT2D eigenvalue weighted by Gasteiger charge is -2.08. The van der Waals surface area contributed by atoms with Crippen LogP contribution >= 0.6 is 11.3 Å². The van der Waals surface area contributed by atoms with Crippen LogP contribution in [0.4, 0.5) is 13.2 Å². The molecule has 5 nitrogen and oxygen atoms in total. The summed E-state index contributed by atoms with van der Waals surface area (Å²) >= 11 is 0.972. The number of hydrogen-bond acceptors (Lipinski definition) is 4. The number of amides is 2. The molecule has 9 heteroatoms. The Labute approximate surface area is 122 Å². The number of aryl methyl sites for hydroxylation is 1. The first-order valence-electron chi connectivity index (χ1n) is 5.83. The number of halogens is 3. The SMILES string of the molecule is CC(=O)c1cc(C)c(C(=O)NCC(=O)NCC(F)(F)F)s1. The van der Waals surface area contributed by atoms with E-state index in [0.717, 1.165) is 11.3 Å². The van der Waals surface area contributed by atoms with Gasteiger partial charge in [-0.25, -0.2) is 0 Å². The van der Waals surface area contributed by atoms with Crippen molar-refractivity contribution in [1.82, 2.24) is 10.6 Å². The number of rotatable bonds is 5. The monoisotopic (exact) mass is 322 g/mol. The van der Waals surface area contributed by atoms with Crippen LogP contribution in [0.5, 0.6) is 0 Å². The van der Waals surface area contributed by atoms with Crippen molar-refractivity contribution in [2.24, 2.45) is 0 Å². The largest absolute Gasteiger partial charge is 0.405 e. The van der Waals surface area contributed by atoms with Gasteiger partial charge < -0.3 is 10.6 Å². The maximum atomic E-state index is 11.9. The molecule has 2 amide bonds. The van der Waals surface area contributed by atoms with Crippen molar-refractivity contribution in [3.05, 3.63) is 21.4 Å². The highest BCUT2D eigenvalue weighted by molar-refractivity contribution is 7.16. The zero-order chi connectivity index (χ0) is 16.2. The maximum absolute atomic E-state index is 11.9. The molecule has 116 valence electrons. The second kappa shape index (κ2) is 6.70. The average molecular weight is 322 g/mol. The van der Waals surface area contributed by atoms with Gasteiger partial charge in [0.1, 0.15) is 6.54 Å². The van der Waals surface area contributed by atoms with Crippen LogP contribution in [0.1, 0.15) is 31.8 Å². The molecule has 0 spiro atoms. The van der Waals surface area contributed by atoms with Gasteiger partial charge in [0.15, 0.2) is 5.78 Å². The molecule has 0 atom stereocenters. The minimum absolute atomic E-state index is 0.190. The van der Waals surface area contributed by atoms with Gasteiger partial charge in [0.25, 0.3) is 5.91 Å². The summed E-state index contributed by atoms with van der Waals surface area (Å²) < 4.78 is 35.6. The molecule has 0 aliphatic heterocycles. The van der Waals surface area contributed by atoms with Crippen molar-refractivity contribution < 1.29 is 27.6 Å². The van der Waals surface area contributed by atoms with Crippen LogP contribution < -0.4 is 10.6 Å². The molecular formula is C12H13F3N2O3S. The van der Waals surface area contributed by atoms with Crippen LogP contribution in [0.25, 0.3) is 0 Å². The van der Waals surface area contributed by atoms with E-state index in [1.54, 1.807) is 18.3 Å². The first kappa shape index (κ1) is 17.2. The molecule has 21 heavy (non-hydrogen) atoms. The Morgan fingerprint density at radius 3 is 2.33 bits per heavy atom. The van der Waals surface area contributed by atoms with Gasteiger partial charge in [0.05, 0.1) is 16.3 Å². The van der Waals surface area contributed by atoms with Gasteiger partial charge in [-0.3, -0.25) is 14.4 Å². The topological polar surface area (TPSA) is 75.3 Å². The Bertz CT molecular complexity index is 567. The number of carbonyl (C=O) groups excluding carboxylic acids is 3. The average Bonchev–Trinajstić information content (AvgIpc) is 2.75. The highest BCUT2D eigenvalue weighted by atomic mass is 32.1. The lowest BCUT2D eigenvalue weighted by molar-refractivity contribution is -0.137. The zero-order valence-electron chi connectivity index (χ0n) is 11.3. The van der Waals surface area contributed by atoms with Crippen molar-refractivity contribution in [2.45, 2.75) is 20.0 Å². The van der Waals surface area contributed by atoms with Crippen LogP contribution in [0, 0.1) is 6.92 Å². The van der Waals surface area contributed by atoms with E-state index in [9.17, 15) is 27.6 Å². The fourth-order valence-electron chi connectivity index (χ4n) is 1.38. The minimum atomic E-state index is -4.50. The number of Topliss-reactive ketones (excluding diaryl/α,β-unsaturated/α-hetero) is 1. The Kier molecular flexibility index (Phi) is 5.47. The van der Waals surface area contributed by atoms with Crippen molar-refractivity contribution in [1.29, 1.82) is 0 Å². The molecule has 2 N–H and O–H groups in total. The summed E-state index contributed by atoms with van der Waals surface area (Å²) in [4.78, 5) is 34.8. The van der Waals surface area contributed by atoms with Gasteiger partial charge in [0.2, 0.25) is 5.91 Å². The zero-order valence-corrected chi connectivity index (χ0v) is 12.1. The fraction of sp³-hybridized carbons (Fsp3) is 0.417. The third-order valence-electron chi connectivity index (χ3n) is 2.37. The molecule has 0 saturated heterocycles. The van der Waals surface area contributed by atoms with Crippen LogP contribution in [0.3, 0.4) is 0 Å². The number of hydrogen-bond donors (Lipinski definition) is 2. The van der Waals surface area contributed by atoms with Crippen LogP contribution in [0.2, 0.25) is 0 Å². The molecule has 0 unspecified atom stereocenters. The van der Waals surface area contributed by atoms with Crippen LogP contribution in [-0.4, -0.2) is 36.9 Å². The Morgan fingerprint density at radius 2 is 1.86 bits per heavy atom. The first-order chi connectivity index (χ1) is 9.60. The Balaban J connectivity index is 2.54. The van der Waals surface area contributed by atoms with Gasteiger partial charge >= 0.3 is 6.18 Å². The molecule has 0 aliphatic rings. The predicted molar refractivity (Wildman–Crippen MR) is 70.5 cm³/mol. The first-order valence-corrected chi connectivity index (χ1v) is 6.65. The lowest BCUT2D eigenvalue weighted by atomic mass is 10.2. The third kappa shape index (κ3) is 5.54. The molecule has 0 fully saturated rings. The van der Waals surface area contributed by atoms with Gasteiger partial charge in [-0.1, -0.05) is 0 Å². The summed E-state index contributed by atoms with van der Waals surface area (Å²) in [5.41, 5.74) is 0.568. The summed E-state index contributed by atoms with van der Waals surface area (Å²) in [6.07, 6.45) is -4.50. The van der Waals surface area contributed by atoms with E-state index in [1.165, 1.54) is 6.92 Å². The van der Waals surface area contributed by atoms with Crippen molar-refractivity contribution in [2.75, 3.05) is 13.1 Å². The third-order valence-corrected chi connectivity index (χ3v) is 3.70. The van der Waals surface area contributed by atoms with Crippen molar-refractivity contribution >= 4 is 28.9 Å². The van der Waals surface area contributed by atoms with E-state index >= 15 is 0 Å². The highest BCUT2D eigenvalue weighted by Crippen LogP contribution is 2.22. The predicted octanol–water partition coefficient (Wildman–Crippen LogP) is 1.67. The molecule has 0 saturated carbocycles. The number of carbonyl (C=O) groups is 3. The summed E-state index contributed by atoms with van der Waals surface area (Å²) in [6.45, 7) is 0.967. The molecule has 0 aromatic carbocycles. The van der Waals surface area contributed by atoms with Gasteiger partial charge in [-0.05, 0) is 25.5 Å². The number of ketones is 1. The molecule has 1 aromatic rings. The fourth-order valence-corrected chi connectivity index (χ4v) is 2.37. The minimum Gasteiger partial charge on any atom is -0.345 e. The van der Waals surface area contributed by atoms with Gasteiger partial charge in [-0.15, -0.1) is 11.3 Å². The number of thiophene rings is 1. The lowest BCUT2D eigenvalue weighted by Crippen LogP contribution is -2.40. The van der Waals surface area contributed by atoms with Gasteiger partial charge in [-0.2, -0.15) is 13.2 Å². The molecular weight excluding hydrogens is 309 g/mol. The molecule has 1 rings (SSSR count). The second-order valence-corrected chi connectivity index (χ2v) is 5.31. The Morgan fingerprint density at radius 1 is 1.24 bits per heavy atom. The summed E-state index contributed by atoms with van der Waals surface area (Å²) in [5.74, 6) is -1.74. The molecule has 0 radical (unpaired) electrons. The standard InChI is InChI=1S/C12H13F3N2O3S/c1-6-3-8(7(2)18)21-10(6)11(20)16-4-9(19)17-5-12(13,14)15/h3H,4-5H2,1-2H3,(H,16,20)(H,17,19). The van der Waals surface area contributed by atoms with Crippen molar-refractivity contribution in [3.8, 4) is 0 Å². The van der Waals surface area contributed by atoms with E-state index < -0.39 is 31.1 Å². The summed E-state index contributed by atoms with van der Waals surface area (Å²) in [7, 11) is 0. The number of nitrogens with one attached hydrogen (secondary N) is 2. The van der Waals surface area contributed by atoms with Gasteiger partial charge in [0, 0.05) is 0 Å². The Hall–Kier alpha value is -1.90. The smallest absolute Gasteiger partial charge is 0.345 e. The molecule has 1 heterocycles. The highest BCUT2D eigenvalue weighted by Gasteiger charge is 2.27. The quantitative estimate of drug-likeness (QED) is 0.810. The number of alkyl halides is 3.